The topological polar surface area (TPSA) is 38.7 Å². The Labute approximate surface area is 96.0 Å². The first-order valence-corrected chi connectivity index (χ1v) is 5.83. The summed E-state index contributed by atoms with van der Waals surface area (Å²) in [5.74, 6) is 1.53. The molecule has 3 nitrogen and oxygen atoms in total. The van der Waals surface area contributed by atoms with E-state index in [1.54, 1.807) is 25.3 Å². The molecule has 0 unspecified atom stereocenters. The number of methoxy groups -OCH3 is 1. The molecule has 1 aromatic carbocycles. The molecular formula is C13H18O3. The van der Waals surface area contributed by atoms with Gasteiger partial charge in [0.25, 0.3) is 0 Å². The van der Waals surface area contributed by atoms with Gasteiger partial charge in [0.05, 0.1) is 13.2 Å². The van der Waals surface area contributed by atoms with Crippen molar-refractivity contribution in [2.24, 2.45) is 0 Å². The van der Waals surface area contributed by atoms with Crippen molar-refractivity contribution >= 4 is 0 Å². The Kier molecular flexibility index (Phi) is 3.54. The maximum atomic E-state index is 9.34. The monoisotopic (exact) mass is 222 g/mol. The minimum atomic E-state index is 0.202. The fourth-order valence-electron chi connectivity index (χ4n) is 2.12. The van der Waals surface area contributed by atoms with Gasteiger partial charge in [-0.3, -0.25) is 0 Å². The van der Waals surface area contributed by atoms with Gasteiger partial charge in [0.1, 0.15) is 5.75 Å². The summed E-state index contributed by atoms with van der Waals surface area (Å²) in [4.78, 5) is 0. The van der Waals surface area contributed by atoms with Gasteiger partial charge in [0.2, 0.25) is 0 Å². The molecule has 3 heteroatoms. The van der Waals surface area contributed by atoms with Gasteiger partial charge in [0, 0.05) is 6.07 Å². The van der Waals surface area contributed by atoms with Crippen molar-refractivity contribution in [3.8, 4) is 17.2 Å². The number of phenols is 1. The van der Waals surface area contributed by atoms with Crippen molar-refractivity contribution in [1.82, 2.24) is 0 Å². The second-order valence-electron chi connectivity index (χ2n) is 4.21. The predicted octanol–water partition coefficient (Wildman–Crippen LogP) is 3.11. The first-order chi connectivity index (χ1) is 7.79. The highest BCUT2D eigenvalue weighted by Crippen LogP contribution is 2.33. The van der Waals surface area contributed by atoms with Crippen LogP contribution in [0.4, 0.5) is 0 Å². The fraction of sp³-hybridized carbons (Fsp3) is 0.538. The highest BCUT2D eigenvalue weighted by molar-refractivity contribution is 5.45. The van der Waals surface area contributed by atoms with Crippen molar-refractivity contribution in [3.05, 3.63) is 18.2 Å². The highest BCUT2D eigenvalue weighted by atomic mass is 16.5. The number of rotatable bonds is 3. The summed E-state index contributed by atoms with van der Waals surface area (Å²) in [5, 5.41) is 9.34. The molecule has 88 valence electrons. The molecule has 16 heavy (non-hydrogen) atoms. The molecule has 2 rings (SSSR count). The van der Waals surface area contributed by atoms with Gasteiger partial charge in [-0.05, 0) is 37.8 Å². The third-order valence-corrected chi connectivity index (χ3v) is 2.99. The van der Waals surface area contributed by atoms with E-state index in [2.05, 4.69) is 0 Å². The van der Waals surface area contributed by atoms with Gasteiger partial charge >= 0.3 is 0 Å². The number of benzene rings is 1. The van der Waals surface area contributed by atoms with Crippen molar-refractivity contribution < 1.29 is 14.6 Å². The summed E-state index contributed by atoms with van der Waals surface area (Å²) in [7, 11) is 1.59. The maximum Gasteiger partial charge on any atom is 0.164 e. The van der Waals surface area contributed by atoms with Crippen molar-refractivity contribution in [2.75, 3.05) is 7.11 Å². The van der Waals surface area contributed by atoms with Crippen LogP contribution in [0.1, 0.15) is 32.1 Å². The standard InChI is InChI=1S/C13H18O3/c1-15-13-9-10(14)7-8-12(13)16-11-5-3-2-4-6-11/h7-9,11,14H,2-6H2,1H3. The lowest BCUT2D eigenvalue weighted by Crippen LogP contribution is -2.19. The SMILES string of the molecule is COc1cc(O)ccc1OC1CCCCC1. The maximum absolute atomic E-state index is 9.34. The zero-order chi connectivity index (χ0) is 11.4. The van der Waals surface area contributed by atoms with Gasteiger partial charge in [-0.25, -0.2) is 0 Å². The van der Waals surface area contributed by atoms with Crippen LogP contribution in [0.3, 0.4) is 0 Å². The first-order valence-electron chi connectivity index (χ1n) is 5.83. The van der Waals surface area contributed by atoms with E-state index in [-0.39, 0.29) is 5.75 Å². The molecule has 1 aromatic rings. The van der Waals surface area contributed by atoms with Crippen LogP contribution in [0, 0.1) is 0 Å². The molecule has 0 aliphatic heterocycles. The lowest BCUT2D eigenvalue weighted by molar-refractivity contribution is 0.149. The lowest BCUT2D eigenvalue weighted by atomic mass is 9.98. The Hall–Kier alpha value is -1.38. The highest BCUT2D eigenvalue weighted by Gasteiger charge is 2.16. The Morgan fingerprint density at radius 2 is 1.88 bits per heavy atom. The summed E-state index contributed by atoms with van der Waals surface area (Å²) >= 11 is 0. The summed E-state index contributed by atoms with van der Waals surface area (Å²) in [5.41, 5.74) is 0. The molecule has 0 saturated heterocycles. The van der Waals surface area contributed by atoms with Gasteiger partial charge in [-0.2, -0.15) is 0 Å². The van der Waals surface area contributed by atoms with E-state index in [0.717, 1.165) is 18.6 Å². The summed E-state index contributed by atoms with van der Waals surface area (Å²) in [6.45, 7) is 0. The molecule has 1 aliphatic carbocycles. The molecule has 1 saturated carbocycles. The van der Waals surface area contributed by atoms with E-state index in [1.165, 1.54) is 19.3 Å². The third-order valence-electron chi connectivity index (χ3n) is 2.99. The van der Waals surface area contributed by atoms with Gasteiger partial charge in [0.15, 0.2) is 11.5 Å². The quantitative estimate of drug-likeness (QED) is 0.854. The predicted molar refractivity (Wildman–Crippen MR) is 62.2 cm³/mol. The second kappa shape index (κ2) is 5.10. The fourth-order valence-corrected chi connectivity index (χ4v) is 2.12. The van der Waals surface area contributed by atoms with E-state index >= 15 is 0 Å². The number of hydrogen-bond acceptors (Lipinski definition) is 3. The van der Waals surface area contributed by atoms with E-state index in [4.69, 9.17) is 9.47 Å². The van der Waals surface area contributed by atoms with Crippen LogP contribution in [0.15, 0.2) is 18.2 Å². The molecule has 0 amide bonds. The van der Waals surface area contributed by atoms with Crippen LogP contribution in [0.25, 0.3) is 0 Å². The van der Waals surface area contributed by atoms with E-state index in [9.17, 15) is 5.11 Å². The molecule has 0 aromatic heterocycles. The van der Waals surface area contributed by atoms with Gasteiger partial charge in [-0.15, -0.1) is 0 Å². The minimum absolute atomic E-state index is 0.202. The van der Waals surface area contributed by atoms with Crippen molar-refractivity contribution in [1.29, 1.82) is 0 Å². The third kappa shape index (κ3) is 2.60. The van der Waals surface area contributed by atoms with E-state index in [1.807, 2.05) is 0 Å². The Morgan fingerprint density at radius 3 is 2.56 bits per heavy atom. The van der Waals surface area contributed by atoms with Gasteiger partial charge in [-0.1, -0.05) is 6.42 Å². The van der Waals surface area contributed by atoms with Crippen LogP contribution < -0.4 is 9.47 Å². The Morgan fingerprint density at radius 1 is 1.12 bits per heavy atom. The lowest BCUT2D eigenvalue weighted by Gasteiger charge is -2.23. The van der Waals surface area contributed by atoms with E-state index < -0.39 is 0 Å². The van der Waals surface area contributed by atoms with E-state index in [0.29, 0.717) is 11.9 Å². The summed E-state index contributed by atoms with van der Waals surface area (Å²) in [6, 6.07) is 4.97. The molecule has 0 radical (unpaired) electrons. The number of hydrogen-bond donors (Lipinski definition) is 1. The Bertz CT molecular complexity index is 343. The summed E-state index contributed by atoms with van der Waals surface area (Å²) in [6.07, 6.45) is 6.32. The molecule has 0 atom stereocenters. The van der Waals surface area contributed by atoms with Crippen molar-refractivity contribution in [3.63, 3.8) is 0 Å². The normalized spacial score (nSPS) is 17.1. The zero-order valence-electron chi connectivity index (χ0n) is 9.61. The largest absolute Gasteiger partial charge is 0.508 e. The van der Waals surface area contributed by atoms with Gasteiger partial charge < -0.3 is 14.6 Å². The Balaban J connectivity index is 2.07. The van der Waals surface area contributed by atoms with Crippen LogP contribution in [-0.4, -0.2) is 18.3 Å². The minimum Gasteiger partial charge on any atom is -0.508 e. The molecule has 1 N–H and O–H groups in total. The molecule has 1 aliphatic rings. The van der Waals surface area contributed by atoms with Crippen LogP contribution in [-0.2, 0) is 0 Å². The average Bonchev–Trinajstić information content (AvgIpc) is 2.33. The van der Waals surface area contributed by atoms with Crippen LogP contribution in [0.5, 0.6) is 17.2 Å². The number of aromatic hydroxyl groups is 1. The van der Waals surface area contributed by atoms with Crippen molar-refractivity contribution in [2.45, 2.75) is 38.2 Å². The molecule has 0 spiro atoms. The second-order valence-corrected chi connectivity index (χ2v) is 4.21. The molecule has 1 fully saturated rings. The molecule has 0 bridgehead atoms. The number of ether oxygens (including phenoxy) is 2. The van der Waals surface area contributed by atoms with Crippen LogP contribution >= 0.6 is 0 Å². The smallest absolute Gasteiger partial charge is 0.164 e. The number of phenolic OH excluding ortho intramolecular Hbond substituents is 1. The zero-order valence-corrected chi connectivity index (χ0v) is 9.61. The first kappa shape index (κ1) is 11.1. The average molecular weight is 222 g/mol. The summed E-state index contributed by atoms with van der Waals surface area (Å²) < 4.78 is 11.1. The molecular weight excluding hydrogens is 204 g/mol. The molecule has 0 heterocycles. The van der Waals surface area contributed by atoms with Crippen LogP contribution in [0.2, 0.25) is 0 Å².